The monoisotopic (exact) mass is 455 g/mol. The molecule has 0 bridgehead atoms. The zero-order chi connectivity index (χ0) is 23.9. The van der Waals surface area contributed by atoms with Crippen LogP contribution in [0.5, 0.6) is 0 Å². The predicted octanol–water partition coefficient (Wildman–Crippen LogP) is 5.00. The first kappa shape index (κ1) is 23.5. The molecule has 0 aliphatic heterocycles. The Labute approximate surface area is 201 Å². The number of hydrogen-bond donors (Lipinski definition) is 1. The maximum atomic E-state index is 13.1. The van der Waals surface area contributed by atoms with Crippen molar-refractivity contribution in [1.82, 2.24) is 24.6 Å². The number of aromatic nitrogens is 3. The topological polar surface area (TPSA) is 55.1 Å². The Hall–Kier alpha value is -3.64. The van der Waals surface area contributed by atoms with Crippen LogP contribution in [-0.2, 0) is 6.54 Å². The van der Waals surface area contributed by atoms with E-state index in [0.717, 1.165) is 31.0 Å². The lowest BCUT2D eigenvalue weighted by Gasteiger charge is -2.26. The molecule has 2 heterocycles. The van der Waals surface area contributed by atoms with Gasteiger partial charge in [-0.05, 0) is 57.0 Å². The van der Waals surface area contributed by atoms with Crippen molar-refractivity contribution in [2.45, 2.75) is 39.8 Å². The number of rotatable bonds is 10. The van der Waals surface area contributed by atoms with Crippen LogP contribution in [-0.4, -0.2) is 44.3 Å². The van der Waals surface area contributed by atoms with E-state index in [1.165, 1.54) is 11.1 Å². The highest BCUT2D eigenvalue weighted by Gasteiger charge is 2.20. The fourth-order valence-corrected chi connectivity index (χ4v) is 4.02. The third-order valence-electron chi connectivity index (χ3n) is 5.98. The van der Waals surface area contributed by atoms with Gasteiger partial charge in [0.15, 0.2) is 5.82 Å². The second kappa shape index (κ2) is 11.0. The highest BCUT2D eigenvalue weighted by molar-refractivity contribution is 5.97. The Morgan fingerprint density at radius 1 is 1.00 bits per heavy atom. The van der Waals surface area contributed by atoms with Crippen LogP contribution in [0.4, 0.5) is 0 Å². The molecule has 176 valence electrons. The number of carbonyl (C=O) groups excluding carboxylic acids is 1. The summed E-state index contributed by atoms with van der Waals surface area (Å²) < 4.78 is 3.75. The first-order valence-electron chi connectivity index (χ1n) is 11.9. The minimum atomic E-state index is -0.110. The van der Waals surface area contributed by atoms with Crippen LogP contribution in [0, 0.1) is 6.92 Å². The van der Waals surface area contributed by atoms with E-state index < -0.39 is 0 Å². The second-order valence-corrected chi connectivity index (χ2v) is 8.88. The number of aryl methyl sites for hydroxylation is 1. The van der Waals surface area contributed by atoms with Crippen molar-refractivity contribution in [3.05, 3.63) is 102 Å². The Morgan fingerprint density at radius 3 is 2.38 bits per heavy atom. The van der Waals surface area contributed by atoms with Crippen molar-refractivity contribution >= 4 is 5.91 Å². The number of hydrogen-bond acceptors (Lipinski definition) is 3. The molecule has 0 radical (unpaired) electrons. The molecule has 0 spiro atoms. The highest BCUT2D eigenvalue weighted by Crippen LogP contribution is 2.20. The van der Waals surface area contributed by atoms with Crippen LogP contribution in [0.2, 0.25) is 0 Å². The summed E-state index contributed by atoms with van der Waals surface area (Å²) in [4.78, 5) is 15.6. The van der Waals surface area contributed by atoms with E-state index in [-0.39, 0.29) is 5.91 Å². The minimum absolute atomic E-state index is 0.110. The minimum Gasteiger partial charge on any atom is -0.352 e. The van der Waals surface area contributed by atoms with E-state index in [0.29, 0.717) is 18.2 Å². The van der Waals surface area contributed by atoms with Gasteiger partial charge in [0.25, 0.3) is 5.91 Å². The van der Waals surface area contributed by atoms with Crippen LogP contribution in [0.1, 0.15) is 41.8 Å². The Bertz CT molecular complexity index is 1180. The molecular formula is C28H33N5O. The molecule has 0 aliphatic carbocycles. The van der Waals surface area contributed by atoms with Crippen molar-refractivity contribution in [3.63, 3.8) is 0 Å². The van der Waals surface area contributed by atoms with Crippen molar-refractivity contribution in [2.24, 2.45) is 0 Å². The number of benzene rings is 2. The number of nitrogens with one attached hydrogen (secondary N) is 1. The van der Waals surface area contributed by atoms with Crippen LogP contribution in [0.15, 0.2) is 85.3 Å². The molecule has 4 aromatic rings. The molecule has 2 aromatic heterocycles. The predicted molar refractivity (Wildman–Crippen MR) is 137 cm³/mol. The summed E-state index contributed by atoms with van der Waals surface area (Å²) >= 11 is 0. The first-order valence-corrected chi connectivity index (χ1v) is 11.9. The summed E-state index contributed by atoms with van der Waals surface area (Å²) in [5.41, 5.74) is 3.96. The van der Waals surface area contributed by atoms with Crippen molar-refractivity contribution in [1.29, 1.82) is 0 Å². The van der Waals surface area contributed by atoms with E-state index in [9.17, 15) is 4.79 Å². The van der Waals surface area contributed by atoms with Crippen molar-refractivity contribution < 1.29 is 4.79 Å². The molecule has 0 saturated carbocycles. The molecule has 6 heteroatoms. The van der Waals surface area contributed by atoms with E-state index in [1.807, 2.05) is 64.1 Å². The lowest BCUT2D eigenvalue weighted by molar-refractivity contribution is 0.0950. The molecule has 0 fully saturated rings. The Morgan fingerprint density at radius 2 is 1.71 bits per heavy atom. The Balaban J connectivity index is 1.42. The quantitative estimate of drug-likeness (QED) is 0.342. The van der Waals surface area contributed by atoms with Gasteiger partial charge >= 0.3 is 0 Å². The van der Waals surface area contributed by atoms with E-state index in [4.69, 9.17) is 0 Å². The summed E-state index contributed by atoms with van der Waals surface area (Å²) in [6.45, 7) is 8.92. The molecule has 0 aliphatic rings. The molecule has 1 amide bonds. The van der Waals surface area contributed by atoms with Crippen LogP contribution >= 0.6 is 0 Å². The van der Waals surface area contributed by atoms with Crippen LogP contribution in [0.25, 0.3) is 11.5 Å². The maximum Gasteiger partial charge on any atom is 0.256 e. The lowest BCUT2D eigenvalue weighted by atomic mass is 10.2. The van der Waals surface area contributed by atoms with Crippen molar-refractivity contribution in [2.75, 3.05) is 13.1 Å². The normalized spacial score (nSPS) is 11.3. The van der Waals surface area contributed by atoms with Gasteiger partial charge in [0, 0.05) is 38.1 Å². The smallest absolute Gasteiger partial charge is 0.256 e. The lowest BCUT2D eigenvalue weighted by Crippen LogP contribution is -2.34. The zero-order valence-electron chi connectivity index (χ0n) is 20.2. The van der Waals surface area contributed by atoms with Gasteiger partial charge in [-0.3, -0.25) is 9.69 Å². The summed E-state index contributed by atoms with van der Waals surface area (Å²) in [6.07, 6.45) is 6.40. The average molecular weight is 456 g/mol. The molecule has 6 nitrogen and oxygen atoms in total. The van der Waals surface area contributed by atoms with Gasteiger partial charge in [0.1, 0.15) is 5.56 Å². The van der Waals surface area contributed by atoms with Gasteiger partial charge in [-0.2, -0.15) is 5.10 Å². The number of nitrogens with zero attached hydrogens (tertiary/aromatic N) is 4. The molecule has 2 aromatic carbocycles. The average Bonchev–Trinajstić information content (AvgIpc) is 3.52. The van der Waals surface area contributed by atoms with Gasteiger partial charge in [-0.25, -0.2) is 4.68 Å². The highest BCUT2D eigenvalue weighted by atomic mass is 16.1. The summed E-state index contributed by atoms with van der Waals surface area (Å²) in [7, 11) is 0. The van der Waals surface area contributed by atoms with Gasteiger partial charge in [0.05, 0.1) is 11.9 Å². The number of amides is 1. The maximum absolute atomic E-state index is 13.1. The van der Waals surface area contributed by atoms with E-state index >= 15 is 0 Å². The first-order chi connectivity index (χ1) is 16.5. The molecule has 1 N–H and O–H groups in total. The van der Waals surface area contributed by atoms with Gasteiger partial charge in [0.2, 0.25) is 0 Å². The molecule has 34 heavy (non-hydrogen) atoms. The van der Waals surface area contributed by atoms with Gasteiger partial charge in [-0.15, -0.1) is 0 Å². The third kappa shape index (κ3) is 5.64. The second-order valence-electron chi connectivity index (χ2n) is 8.88. The number of carbonyl (C=O) groups is 1. The SMILES string of the molecule is Cc1ccc(-n2ncc(C(=O)NCCCN(Cc3ccccc3)C(C)C)c2-n2cccc2)cc1. The van der Waals surface area contributed by atoms with Gasteiger partial charge < -0.3 is 9.88 Å². The molecule has 0 atom stereocenters. The van der Waals surface area contributed by atoms with Crippen LogP contribution in [0.3, 0.4) is 0 Å². The molecule has 0 saturated heterocycles. The standard InChI is InChI=1S/C28H33N5O/c1-22(2)32(21-24-10-5-4-6-11-24)19-9-16-29-27(34)26-20-30-33(25-14-12-23(3)13-15-25)28(26)31-17-7-8-18-31/h4-8,10-15,17-18,20,22H,9,16,19,21H2,1-3H3,(H,29,34). The van der Waals surface area contributed by atoms with Crippen molar-refractivity contribution in [3.8, 4) is 11.5 Å². The third-order valence-corrected chi connectivity index (χ3v) is 5.98. The molecular weight excluding hydrogens is 422 g/mol. The molecule has 0 unspecified atom stereocenters. The van der Waals surface area contributed by atoms with Gasteiger partial charge in [-0.1, -0.05) is 48.0 Å². The fraction of sp³-hybridized carbons (Fsp3) is 0.286. The summed E-state index contributed by atoms with van der Waals surface area (Å²) in [5.74, 6) is 0.625. The van der Waals surface area contributed by atoms with E-state index in [2.05, 4.69) is 60.4 Å². The zero-order valence-corrected chi connectivity index (χ0v) is 20.2. The Kier molecular flexibility index (Phi) is 7.60. The summed E-state index contributed by atoms with van der Waals surface area (Å²) in [6, 6.07) is 23.0. The fourth-order valence-electron chi connectivity index (χ4n) is 4.02. The van der Waals surface area contributed by atoms with E-state index in [1.54, 1.807) is 6.20 Å². The van der Waals surface area contributed by atoms with Crippen LogP contribution < -0.4 is 5.32 Å². The molecule has 4 rings (SSSR count). The summed E-state index contributed by atoms with van der Waals surface area (Å²) in [5, 5.41) is 7.65. The largest absolute Gasteiger partial charge is 0.352 e.